The zero-order chi connectivity index (χ0) is 14.8. The third-order valence-electron chi connectivity index (χ3n) is 2.82. The Morgan fingerprint density at radius 2 is 2.25 bits per heavy atom. The van der Waals surface area contributed by atoms with E-state index in [1.54, 1.807) is 6.20 Å². The van der Waals surface area contributed by atoms with Gasteiger partial charge in [0.1, 0.15) is 15.6 Å². The number of ether oxygens (including phenoxy) is 1. The van der Waals surface area contributed by atoms with Crippen LogP contribution in [0.3, 0.4) is 0 Å². The highest BCUT2D eigenvalue weighted by atomic mass is 32.1. The fraction of sp³-hybridized carbons (Fsp3) is 0.571. The number of thiazole rings is 1. The average Bonchev–Trinajstić information content (AvgIpc) is 2.75. The van der Waals surface area contributed by atoms with Crippen molar-refractivity contribution in [2.75, 3.05) is 25.5 Å². The first kappa shape index (κ1) is 15.0. The van der Waals surface area contributed by atoms with Crippen molar-refractivity contribution in [3.05, 3.63) is 17.3 Å². The van der Waals surface area contributed by atoms with Crippen molar-refractivity contribution in [3.8, 4) is 0 Å². The van der Waals surface area contributed by atoms with Crippen LogP contribution in [-0.2, 0) is 4.74 Å². The minimum absolute atomic E-state index is 0.440. The van der Waals surface area contributed by atoms with Crippen LogP contribution in [0.5, 0.6) is 0 Å². The van der Waals surface area contributed by atoms with Crippen molar-refractivity contribution in [2.45, 2.75) is 32.8 Å². The Kier molecular flexibility index (Phi) is 4.45. The van der Waals surface area contributed by atoms with E-state index in [4.69, 9.17) is 4.74 Å². The number of hydrogen-bond donors (Lipinski definition) is 1. The van der Waals surface area contributed by atoms with Crippen LogP contribution in [-0.4, -0.2) is 41.7 Å². The highest BCUT2D eigenvalue weighted by molar-refractivity contribution is 7.16. The predicted molar refractivity (Wildman–Crippen MR) is 82.1 cm³/mol. The third kappa shape index (κ3) is 4.31. The molecule has 0 spiro atoms. The summed E-state index contributed by atoms with van der Waals surface area (Å²) in [5.74, 6) is 0. The van der Waals surface area contributed by atoms with E-state index in [1.165, 1.54) is 16.9 Å². The van der Waals surface area contributed by atoms with Gasteiger partial charge >= 0.3 is 6.09 Å². The predicted octanol–water partition coefficient (Wildman–Crippen LogP) is 3.21. The molecule has 1 N–H and O–H groups in total. The fourth-order valence-corrected chi connectivity index (χ4v) is 2.72. The van der Waals surface area contributed by atoms with Gasteiger partial charge < -0.3 is 9.64 Å². The fourth-order valence-electron chi connectivity index (χ4n) is 1.85. The minimum atomic E-state index is -0.492. The van der Waals surface area contributed by atoms with Crippen molar-refractivity contribution in [1.29, 1.82) is 0 Å². The Morgan fingerprint density at radius 1 is 1.50 bits per heavy atom. The van der Waals surface area contributed by atoms with Gasteiger partial charge in [-0.1, -0.05) is 17.4 Å². The Morgan fingerprint density at radius 3 is 2.85 bits per heavy atom. The van der Waals surface area contributed by atoms with Crippen molar-refractivity contribution in [3.63, 3.8) is 0 Å². The normalized spacial score (nSPS) is 16.7. The number of amides is 1. The summed E-state index contributed by atoms with van der Waals surface area (Å²) in [7, 11) is 2.10. The summed E-state index contributed by atoms with van der Waals surface area (Å²) in [6.07, 6.45) is 4.43. The maximum absolute atomic E-state index is 11.7. The molecular formula is C14H21N3O2S. The van der Waals surface area contributed by atoms with E-state index in [0.717, 1.165) is 24.5 Å². The van der Waals surface area contributed by atoms with E-state index in [-0.39, 0.29) is 0 Å². The molecule has 1 aromatic rings. The van der Waals surface area contributed by atoms with Crippen LogP contribution in [0.2, 0.25) is 0 Å². The van der Waals surface area contributed by atoms with Crippen LogP contribution in [0.25, 0.3) is 5.57 Å². The smallest absolute Gasteiger partial charge is 0.412 e. The van der Waals surface area contributed by atoms with Crippen molar-refractivity contribution in [2.24, 2.45) is 0 Å². The number of likely N-dealkylation sites (N-methyl/N-ethyl adjacent to an activating group) is 1. The maximum Gasteiger partial charge on any atom is 0.412 e. The van der Waals surface area contributed by atoms with Crippen LogP contribution in [0.15, 0.2) is 12.3 Å². The second-order valence-corrected chi connectivity index (χ2v) is 6.93. The number of nitrogens with one attached hydrogen (secondary N) is 1. The van der Waals surface area contributed by atoms with Gasteiger partial charge in [-0.05, 0) is 39.8 Å². The van der Waals surface area contributed by atoms with E-state index in [2.05, 4.69) is 28.3 Å². The minimum Gasteiger partial charge on any atom is -0.444 e. The average molecular weight is 295 g/mol. The quantitative estimate of drug-likeness (QED) is 0.910. The highest BCUT2D eigenvalue weighted by Crippen LogP contribution is 2.29. The van der Waals surface area contributed by atoms with Crippen LogP contribution >= 0.6 is 11.3 Å². The van der Waals surface area contributed by atoms with Crippen LogP contribution in [0.4, 0.5) is 9.80 Å². The summed E-state index contributed by atoms with van der Waals surface area (Å²) in [4.78, 5) is 18.3. The largest absolute Gasteiger partial charge is 0.444 e. The van der Waals surface area contributed by atoms with Gasteiger partial charge in [0.25, 0.3) is 0 Å². The highest BCUT2D eigenvalue weighted by Gasteiger charge is 2.18. The molecule has 0 saturated carbocycles. The molecule has 1 aliphatic rings. The molecule has 6 heteroatoms. The van der Waals surface area contributed by atoms with Gasteiger partial charge in [-0.15, -0.1) is 0 Å². The molecule has 1 amide bonds. The topological polar surface area (TPSA) is 54.5 Å². The molecule has 0 unspecified atom stereocenters. The Labute approximate surface area is 123 Å². The third-order valence-corrected chi connectivity index (χ3v) is 3.81. The van der Waals surface area contributed by atoms with Gasteiger partial charge in [0, 0.05) is 13.1 Å². The Hall–Kier alpha value is -1.40. The van der Waals surface area contributed by atoms with E-state index in [0.29, 0.717) is 5.00 Å². The van der Waals surface area contributed by atoms with E-state index >= 15 is 0 Å². The van der Waals surface area contributed by atoms with Gasteiger partial charge in [0.2, 0.25) is 0 Å². The number of carbonyl (C=O) groups is 1. The maximum atomic E-state index is 11.7. The van der Waals surface area contributed by atoms with Crippen LogP contribution in [0.1, 0.15) is 32.2 Å². The number of carbonyl (C=O) groups excluding carboxylic acids is 1. The number of rotatable bonds is 2. The lowest BCUT2D eigenvalue weighted by atomic mass is 10.1. The van der Waals surface area contributed by atoms with E-state index in [9.17, 15) is 4.79 Å². The lowest BCUT2D eigenvalue weighted by Gasteiger charge is -2.20. The Bertz CT molecular complexity index is 517. The van der Waals surface area contributed by atoms with Crippen molar-refractivity contribution >= 4 is 28.0 Å². The monoisotopic (exact) mass is 295 g/mol. The van der Waals surface area contributed by atoms with Gasteiger partial charge in [-0.25, -0.2) is 9.78 Å². The second kappa shape index (κ2) is 5.93. The molecule has 110 valence electrons. The van der Waals surface area contributed by atoms with Crippen molar-refractivity contribution < 1.29 is 9.53 Å². The van der Waals surface area contributed by atoms with Gasteiger partial charge in [-0.2, -0.15) is 0 Å². The molecule has 0 saturated heterocycles. The molecule has 20 heavy (non-hydrogen) atoms. The number of hydrogen-bond acceptors (Lipinski definition) is 5. The van der Waals surface area contributed by atoms with Gasteiger partial charge in [-0.3, -0.25) is 5.32 Å². The summed E-state index contributed by atoms with van der Waals surface area (Å²) in [6, 6.07) is 0. The van der Waals surface area contributed by atoms with E-state index < -0.39 is 11.7 Å². The van der Waals surface area contributed by atoms with Crippen LogP contribution < -0.4 is 5.32 Å². The first-order valence-corrected chi connectivity index (χ1v) is 7.49. The molecule has 2 rings (SSSR count). The standard InChI is InChI=1S/C14H21N3O2S/c1-14(2,3)19-13(18)16-11-9-15-12(20-11)10-5-7-17(4)8-6-10/h5,9H,6-8H2,1-4H3,(H,16,18). The molecule has 0 bridgehead atoms. The Balaban J connectivity index is 1.97. The SMILES string of the molecule is CN1CC=C(c2ncc(NC(=O)OC(C)(C)C)s2)CC1. The van der Waals surface area contributed by atoms with Gasteiger partial charge in [0.05, 0.1) is 6.20 Å². The number of aromatic nitrogens is 1. The zero-order valence-corrected chi connectivity index (χ0v) is 13.2. The van der Waals surface area contributed by atoms with Crippen LogP contribution in [0, 0.1) is 0 Å². The molecule has 0 atom stereocenters. The molecule has 1 aliphatic heterocycles. The summed E-state index contributed by atoms with van der Waals surface area (Å²) in [5.41, 5.74) is 0.763. The molecule has 2 heterocycles. The summed E-state index contributed by atoms with van der Waals surface area (Å²) in [6.45, 7) is 7.51. The summed E-state index contributed by atoms with van der Waals surface area (Å²) >= 11 is 1.49. The molecule has 0 aliphatic carbocycles. The molecule has 0 radical (unpaired) electrons. The van der Waals surface area contributed by atoms with Gasteiger partial charge in [0.15, 0.2) is 0 Å². The molecule has 0 aromatic carbocycles. The lowest BCUT2D eigenvalue weighted by molar-refractivity contribution is 0.0636. The number of nitrogens with zero attached hydrogens (tertiary/aromatic N) is 2. The summed E-state index contributed by atoms with van der Waals surface area (Å²) < 4.78 is 5.22. The van der Waals surface area contributed by atoms with Crippen molar-refractivity contribution in [1.82, 2.24) is 9.88 Å². The molecule has 1 aromatic heterocycles. The lowest BCUT2D eigenvalue weighted by Crippen LogP contribution is -2.26. The first-order valence-electron chi connectivity index (χ1n) is 6.67. The molecule has 0 fully saturated rings. The molecular weight excluding hydrogens is 274 g/mol. The molecule has 5 nitrogen and oxygen atoms in total. The first-order chi connectivity index (χ1) is 9.33. The number of anilines is 1. The summed E-state index contributed by atoms with van der Waals surface area (Å²) in [5, 5.41) is 4.42. The van der Waals surface area contributed by atoms with E-state index in [1.807, 2.05) is 20.8 Å². The zero-order valence-electron chi connectivity index (χ0n) is 12.4. The second-order valence-electron chi connectivity index (χ2n) is 5.90.